The van der Waals surface area contributed by atoms with Gasteiger partial charge in [-0.3, -0.25) is 0 Å². The second kappa shape index (κ2) is 34.1. The Balaban J connectivity index is 0.0000000944. The molecule has 10 heteroatoms. The quantitative estimate of drug-likeness (QED) is 0.173. The van der Waals surface area contributed by atoms with E-state index in [1.807, 2.05) is 46.1 Å². The van der Waals surface area contributed by atoms with E-state index < -0.39 is 0 Å². The predicted molar refractivity (Wildman–Crippen MR) is 628 cm³/mol. The molecule has 0 radical (unpaired) electrons. The molecule has 702 valence electrons. The summed E-state index contributed by atoms with van der Waals surface area (Å²) in [6, 6.07) is 148. The average Bonchev–Trinajstić information content (AvgIpc) is 1.55. The lowest BCUT2D eigenvalue weighted by Gasteiger charge is -2.24. The minimum absolute atomic E-state index is 0.00104. The van der Waals surface area contributed by atoms with Crippen molar-refractivity contribution in [3.05, 3.63) is 423 Å². The molecule has 10 aromatic heterocycles. The summed E-state index contributed by atoms with van der Waals surface area (Å²) in [6.07, 6.45) is 0. The lowest BCUT2D eigenvalue weighted by molar-refractivity contribution is 0.423. The molecular weight excluding hydrogens is 1810 g/mol. The van der Waals surface area contributed by atoms with E-state index in [4.69, 9.17) is 4.42 Å². The minimum atomic E-state index is -0.0153. The second-order valence-electron chi connectivity index (χ2n) is 43.9. The molecule has 0 saturated carbocycles. The Labute approximate surface area is 849 Å². The SMILES string of the molecule is CC(C)(C)c1ccc(-n2c3ccccc3c3cc4sc5ccccc5c4cc32)cc1.CC(C)(C)c1ccc2sc3cc4c5ccccc5n(-c5ccccc5)c4cc3c2c1.CC(C)(C)c1cccc2c1sc1cc3c4ccccc4n(-c4ccccc4)c3cc12.CC(C)(C)n1c2ccccc2c2cc3c(cc21)oc1ccccc13.CC(C)(C)n1c2ccccc2c2cc3c4ccccc4n(-c4ccccc4)c3cc21. The molecule has 0 fully saturated rings. The fourth-order valence-corrected chi connectivity index (χ4v) is 26.4. The van der Waals surface area contributed by atoms with Crippen molar-refractivity contribution in [1.29, 1.82) is 0 Å². The number of furan rings is 1. The smallest absolute Gasteiger partial charge is 0.137 e. The number of benzene rings is 19. The zero-order valence-electron chi connectivity index (χ0n) is 84.0. The van der Waals surface area contributed by atoms with Crippen LogP contribution in [-0.2, 0) is 27.3 Å². The first-order valence-electron chi connectivity index (χ1n) is 50.3. The van der Waals surface area contributed by atoms with E-state index >= 15 is 0 Å². The first-order chi connectivity index (χ1) is 69.6. The Morgan fingerprint density at radius 1 is 0.174 bits per heavy atom. The van der Waals surface area contributed by atoms with Crippen molar-refractivity contribution in [1.82, 2.24) is 27.4 Å². The summed E-state index contributed by atoms with van der Waals surface area (Å²) in [5, 5.41) is 26.3. The number of rotatable bonds is 4. The molecule has 7 nitrogen and oxygen atoms in total. The summed E-state index contributed by atoms with van der Waals surface area (Å²) in [4.78, 5) is 0. The molecule has 0 atom stereocenters. The molecular formula is C134H112N6OS3. The van der Waals surface area contributed by atoms with Gasteiger partial charge in [-0.1, -0.05) is 299 Å². The summed E-state index contributed by atoms with van der Waals surface area (Å²) in [5.74, 6) is 0. The van der Waals surface area contributed by atoms with Crippen LogP contribution in [-0.4, -0.2) is 27.4 Å². The Morgan fingerprint density at radius 3 is 0.938 bits per heavy atom. The molecule has 0 unspecified atom stereocenters. The Bertz CT molecular complexity index is 10100. The maximum absolute atomic E-state index is 6.11. The molecule has 29 aromatic rings. The van der Waals surface area contributed by atoms with E-state index in [0.717, 1.165) is 11.2 Å². The number of hydrogen-bond acceptors (Lipinski definition) is 4. The van der Waals surface area contributed by atoms with Crippen molar-refractivity contribution >= 4 is 247 Å². The molecule has 0 spiro atoms. The zero-order valence-corrected chi connectivity index (χ0v) is 86.4. The average molecular weight is 1920 g/mol. The Kier molecular flexibility index (Phi) is 21.3. The molecule has 0 aliphatic rings. The van der Waals surface area contributed by atoms with Gasteiger partial charge < -0.3 is 31.8 Å². The van der Waals surface area contributed by atoms with Crippen LogP contribution in [0.25, 0.3) is 236 Å². The van der Waals surface area contributed by atoms with E-state index in [2.05, 4.69) is 526 Å². The fraction of sp³-hybridized carbons (Fsp3) is 0.149. The van der Waals surface area contributed by atoms with Gasteiger partial charge in [-0.15, -0.1) is 34.0 Å². The molecule has 0 bridgehead atoms. The fourth-order valence-electron chi connectivity index (χ4n) is 22.8. The zero-order chi connectivity index (χ0) is 98.3. The van der Waals surface area contributed by atoms with Crippen LogP contribution < -0.4 is 0 Å². The number of nitrogens with zero attached hydrogens (tertiary/aromatic N) is 6. The van der Waals surface area contributed by atoms with Crippen LogP contribution in [0.15, 0.2) is 411 Å². The molecule has 29 rings (SSSR count). The second-order valence-corrected chi connectivity index (χ2v) is 47.1. The predicted octanol–water partition coefficient (Wildman–Crippen LogP) is 39.4. The van der Waals surface area contributed by atoms with Crippen LogP contribution >= 0.6 is 34.0 Å². The van der Waals surface area contributed by atoms with Gasteiger partial charge in [0.05, 0.1) is 55.2 Å². The van der Waals surface area contributed by atoms with Crippen molar-refractivity contribution in [2.45, 2.75) is 131 Å². The van der Waals surface area contributed by atoms with Gasteiger partial charge in [-0.2, -0.15) is 0 Å². The summed E-state index contributed by atoms with van der Waals surface area (Å²) >= 11 is 5.72. The van der Waals surface area contributed by atoms with Crippen LogP contribution in [0.3, 0.4) is 0 Å². The van der Waals surface area contributed by atoms with Gasteiger partial charge in [-0.05, 0) is 238 Å². The van der Waals surface area contributed by atoms with Crippen molar-refractivity contribution < 1.29 is 4.42 Å². The standard InChI is InChI=1S/C28H24N2.3C28H23NS.C22H19NO/c1-28(2,3)30-25-16-10-8-14-21(25)23-17-22-20-13-7-9-15-24(20)29(26(22)18-27(23)30)19-11-5-4-6-12-19;1-28(2,3)18-12-14-19(15-13-18)29-24-10-6-4-8-20(24)22-17-27-23(16-25(22)29)21-9-5-7-11-26(21)30-27;1-28(2,3)23-14-9-13-20-22-16-25-21(17-26(22)30-27(20)23)19-12-7-8-15-24(19)29(25)18-10-5-4-6-11-18;1-28(2,3)18-13-14-26-22(15-18)23-16-25-21(17-27(23)30-26)20-11-7-8-12-24(20)29(25)19-9-5-4-6-10-19;1-22(2,3)23-18-10-6-4-8-14(18)16-12-17-15-9-5-7-11-20(15)24-21(17)13-19(16)23/h4-18H,1-3H3;3*4-17H,1-3H3;4-13H,1-3H3. The van der Waals surface area contributed by atoms with Gasteiger partial charge in [0, 0.05) is 187 Å². The van der Waals surface area contributed by atoms with Gasteiger partial charge in [-0.25, -0.2) is 0 Å². The molecule has 0 aliphatic carbocycles. The van der Waals surface area contributed by atoms with Gasteiger partial charge in [0.15, 0.2) is 0 Å². The minimum Gasteiger partial charge on any atom is -0.456 e. The lowest BCUT2D eigenvalue weighted by atomic mass is 9.86. The Morgan fingerprint density at radius 2 is 0.493 bits per heavy atom. The van der Waals surface area contributed by atoms with E-state index in [1.165, 1.54) is 242 Å². The van der Waals surface area contributed by atoms with Crippen LogP contribution in [0.4, 0.5) is 0 Å². The van der Waals surface area contributed by atoms with Gasteiger partial charge in [0.25, 0.3) is 0 Å². The van der Waals surface area contributed by atoms with Crippen molar-refractivity contribution in [2.24, 2.45) is 0 Å². The highest BCUT2D eigenvalue weighted by Crippen LogP contribution is 2.50. The Hall–Kier alpha value is -15.6. The molecule has 10 heterocycles. The summed E-state index contributed by atoms with van der Waals surface area (Å²) in [7, 11) is 0. The number of fused-ring (bicyclic) bond motifs is 30. The number of thiophene rings is 3. The van der Waals surface area contributed by atoms with Gasteiger partial charge in [0.2, 0.25) is 0 Å². The molecule has 0 amide bonds. The molecule has 0 N–H and O–H groups in total. The molecule has 19 aromatic carbocycles. The maximum Gasteiger partial charge on any atom is 0.137 e. The monoisotopic (exact) mass is 1920 g/mol. The first-order valence-corrected chi connectivity index (χ1v) is 52.8. The third kappa shape index (κ3) is 15.1. The third-order valence-corrected chi connectivity index (χ3v) is 32.9. The van der Waals surface area contributed by atoms with Gasteiger partial charge in [0.1, 0.15) is 11.2 Å². The highest BCUT2D eigenvalue weighted by molar-refractivity contribution is 7.26. The van der Waals surface area contributed by atoms with Crippen LogP contribution in [0, 0.1) is 0 Å². The first kappa shape index (κ1) is 89.8. The van der Waals surface area contributed by atoms with Crippen molar-refractivity contribution in [3.8, 4) is 22.7 Å². The van der Waals surface area contributed by atoms with E-state index in [-0.39, 0.29) is 27.3 Å². The number of para-hydroxylation sites is 10. The van der Waals surface area contributed by atoms with E-state index in [1.54, 1.807) is 0 Å². The summed E-state index contributed by atoms with van der Waals surface area (Å²) < 4.78 is 28.9. The highest BCUT2D eigenvalue weighted by atomic mass is 32.1. The molecule has 0 saturated heterocycles. The van der Waals surface area contributed by atoms with Crippen LogP contribution in [0.5, 0.6) is 0 Å². The topological polar surface area (TPSA) is 42.7 Å². The van der Waals surface area contributed by atoms with Crippen LogP contribution in [0.2, 0.25) is 0 Å². The number of hydrogen-bond donors (Lipinski definition) is 0. The number of aromatic nitrogens is 6. The molecule has 144 heavy (non-hydrogen) atoms. The largest absolute Gasteiger partial charge is 0.456 e. The summed E-state index contributed by atoms with van der Waals surface area (Å²) in [5.41, 5.74) is 26.5. The van der Waals surface area contributed by atoms with Gasteiger partial charge >= 0.3 is 0 Å². The van der Waals surface area contributed by atoms with E-state index in [0.29, 0.717) is 0 Å². The maximum atomic E-state index is 6.11. The van der Waals surface area contributed by atoms with Crippen molar-refractivity contribution in [2.75, 3.05) is 0 Å². The molecule has 0 aliphatic heterocycles. The third-order valence-electron chi connectivity index (χ3n) is 29.4. The lowest BCUT2D eigenvalue weighted by Crippen LogP contribution is -2.21. The summed E-state index contributed by atoms with van der Waals surface area (Å²) in [6.45, 7) is 34.2. The normalized spacial score (nSPS) is 12.5. The van der Waals surface area contributed by atoms with Crippen molar-refractivity contribution in [3.63, 3.8) is 0 Å². The van der Waals surface area contributed by atoms with Crippen LogP contribution in [0.1, 0.15) is 121 Å². The highest BCUT2D eigenvalue weighted by Gasteiger charge is 2.29. The van der Waals surface area contributed by atoms with E-state index in [9.17, 15) is 0 Å².